The van der Waals surface area contributed by atoms with Gasteiger partial charge in [-0.3, -0.25) is 0 Å². The van der Waals surface area contributed by atoms with Gasteiger partial charge in [-0.25, -0.2) is 0 Å². The summed E-state index contributed by atoms with van der Waals surface area (Å²) in [5, 5.41) is 1.67. The molecule has 0 aliphatic heterocycles. The maximum absolute atomic E-state index is 8.80. The fourth-order valence-corrected chi connectivity index (χ4v) is 1.62. The van der Waals surface area contributed by atoms with Crippen molar-refractivity contribution in [1.82, 2.24) is 5.32 Å². The molecule has 1 atom stereocenters. The van der Waals surface area contributed by atoms with Gasteiger partial charge in [-0.1, -0.05) is 48.5 Å². The Balaban J connectivity index is 2.60. The highest BCUT2D eigenvalue weighted by molar-refractivity contribution is 5.33. The van der Waals surface area contributed by atoms with Gasteiger partial charge in [-0.2, -0.15) is 0 Å². The second-order valence-corrected chi connectivity index (χ2v) is 3.94. The Morgan fingerprint density at radius 2 is 1.95 bits per heavy atom. The van der Waals surface area contributed by atoms with E-state index in [4.69, 9.17) is 15.7 Å². The van der Waals surface area contributed by atoms with Crippen LogP contribution in [0.4, 0.5) is 0 Å². The number of benzene rings is 2. The molecule has 0 bridgehead atoms. The van der Waals surface area contributed by atoms with Crippen LogP contribution < -0.4 is 10.1 Å². The summed E-state index contributed by atoms with van der Waals surface area (Å²) < 4.78 is 69.1. The molecule has 1 N–H and O–H groups in total. The molecule has 0 heterocycles. The first-order valence-corrected chi connectivity index (χ1v) is 5.90. The zero-order valence-electron chi connectivity index (χ0n) is 18.6. The van der Waals surface area contributed by atoms with Gasteiger partial charge in [0.2, 0.25) is 0 Å². The average Bonchev–Trinajstić information content (AvgIpc) is 2.55. The van der Waals surface area contributed by atoms with Crippen LogP contribution in [0.1, 0.15) is 34.5 Å². The van der Waals surface area contributed by atoms with Gasteiger partial charge in [0.15, 0.2) is 0 Å². The first-order valence-electron chi connectivity index (χ1n) is 9.90. The van der Waals surface area contributed by atoms with Gasteiger partial charge in [0.25, 0.3) is 0 Å². The van der Waals surface area contributed by atoms with E-state index in [-0.39, 0.29) is 11.3 Å². The van der Waals surface area contributed by atoms with Crippen LogP contribution in [-0.4, -0.2) is 13.5 Å². The second-order valence-electron chi connectivity index (χ2n) is 3.94. The molecule has 0 aliphatic carbocycles. The van der Waals surface area contributed by atoms with E-state index in [2.05, 4.69) is 0 Å². The molecule has 0 saturated carbocycles. The number of rotatable bonds is 6. The van der Waals surface area contributed by atoms with Crippen LogP contribution in [0, 0.1) is 6.92 Å². The molecule has 1 unspecified atom stereocenters. The lowest BCUT2D eigenvalue weighted by Crippen LogP contribution is -2.16. The molecular formula is C17H21NO. The number of aryl methyl sites for hydroxylation is 1. The summed E-state index contributed by atoms with van der Waals surface area (Å²) >= 11 is 0. The lowest BCUT2D eigenvalue weighted by Gasteiger charge is -2.20. The van der Waals surface area contributed by atoms with Crippen molar-refractivity contribution in [2.75, 3.05) is 13.5 Å². The van der Waals surface area contributed by atoms with E-state index in [9.17, 15) is 0 Å². The molecule has 0 aliphatic rings. The molecule has 2 aromatic carbocycles. The lowest BCUT2D eigenvalue weighted by molar-refractivity contribution is 0.193. The van der Waals surface area contributed by atoms with Crippen LogP contribution in [0.5, 0.6) is 5.75 Å². The van der Waals surface area contributed by atoms with E-state index < -0.39 is 25.9 Å². The minimum atomic E-state index is -3.10. The van der Waals surface area contributed by atoms with E-state index in [0.717, 1.165) is 0 Å². The van der Waals surface area contributed by atoms with E-state index in [0.29, 0.717) is 5.56 Å². The molecule has 0 spiro atoms. The van der Waals surface area contributed by atoms with Crippen molar-refractivity contribution in [3.8, 4) is 5.75 Å². The SMILES string of the molecule is [2H]C([2H])([2H])NC([2H])([2H])C([2H])([2H])C([2H])(Oc1ccccc1C)c1ccccc1. The minimum absolute atomic E-state index is 0.0504. The Morgan fingerprint density at radius 3 is 2.68 bits per heavy atom. The lowest BCUT2D eigenvalue weighted by atomic mass is 10.1. The summed E-state index contributed by atoms with van der Waals surface area (Å²) in [4.78, 5) is 0. The molecular weight excluding hydrogens is 234 g/mol. The van der Waals surface area contributed by atoms with Crippen molar-refractivity contribution in [2.45, 2.75) is 19.4 Å². The molecule has 0 amide bonds. The van der Waals surface area contributed by atoms with Crippen LogP contribution in [0.25, 0.3) is 0 Å². The maximum Gasteiger partial charge on any atom is 0.125 e. The van der Waals surface area contributed by atoms with Gasteiger partial charge in [0.1, 0.15) is 11.8 Å². The first-order chi connectivity index (χ1) is 12.3. The van der Waals surface area contributed by atoms with Gasteiger partial charge >= 0.3 is 0 Å². The quantitative estimate of drug-likeness (QED) is 0.857. The van der Waals surface area contributed by atoms with Gasteiger partial charge < -0.3 is 10.1 Å². The molecule has 2 nitrogen and oxygen atoms in total. The predicted molar refractivity (Wildman–Crippen MR) is 79.5 cm³/mol. The molecule has 2 heteroatoms. The number of ether oxygens (including phenoxy) is 1. The Bertz CT molecular complexity index is 778. The third kappa shape index (κ3) is 3.83. The van der Waals surface area contributed by atoms with Crippen molar-refractivity contribution in [3.63, 3.8) is 0 Å². The van der Waals surface area contributed by atoms with Crippen molar-refractivity contribution >= 4 is 0 Å². The van der Waals surface area contributed by atoms with Crippen molar-refractivity contribution in [1.29, 1.82) is 0 Å². The standard InChI is InChI=1S/C17H21NO/c1-14-8-6-7-11-16(14)19-17(12-13-18-2)15-9-4-3-5-10-15/h3-11,17-18H,12-13H2,1-2H3/i2D3,12D2,13D2,17D. The van der Waals surface area contributed by atoms with Crippen LogP contribution in [0.15, 0.2) is 54.6 Å². The third-order valence-corrected chi connectivity index (χ3v) is 2.58. The van der Waals surface area contributed by atoms with Crippen molar-refractivity contribution in [3.05, 3.63) is 65.7 Å². The van der Waals surface area contributed by atoms with Crippen LogP contribution >= 0.6 is 0 Å². The highest BCUT2D eigenvalue weighted by Crippen LogP contribution is 2.26. The van der Waals surface area contributed by atoms with E-state index >= 15 is 0 Å². The van der Waals surface area contributed by atoms with Gasteiger partial charge in [-0.15, -0.1) is 0 Å². The molecule has 0 fully saturated rings. The second kappa shape index (κ2) is 6.95. The van der Waals surface area contributed by atoms with E-state index in [1.165, 1.54) is 12.1 Å². The molecule has 2 aromatic rings. The number of hydrogen-bond donors (Lipinski definition) is 1. The average molecular weight is 263 g/mol. The highest BCUT2D eigenvalue weighted by atomic mass is 16.5. The van der Waals surface area contributed by atoms with Crippen molar-refractivity contribution in [2.24, 2.45) is 0 Å². The molecule has 0 aromatic heterocycles. The van der Waals surface area contributed by atoms with Gasteiger partial charge in [0.05, 0.1) is 1.37 Å². The number of hydrogen-bond acceptors (Lipinski definition) is 2. The number of nitrogens with one attached hydrogen (secondary N) is 1. The zero-order valence-corrected chi connectivity index (χ0v) is 10.6. The topological polar surface area (TPSA) is 21.3 Å². The van der Waals surface area contributed by atoms with Crippen molar-refractivity contribution < 1.29 is 15.7 Å². The largest absolute Gasteiger partial charge is 0.485 e. The maximum atomic E-state index is 8.80. The minimum Gasteiger partial charge on any atom is -0.485 e. The Hall–Kier alpha value is -1.80. The summed E-state index contributed by atoms with van der Waals surface area (Å²) in [6.07, 6.45) is -5.65. The van der Waals surface area contributed by atoms with Crippen LogP contribution in [0.3, 0.4) is 0 Å². The zero-order chi connectivity index (χ0) is 20.5. The highest BCUT2D eigenvalue weighted by Gasteiger charge is 2.13. The van der Waals surface area contributed by atoms with E-state index in [1.807, 2.05) is 0 Å². The van der Waals surface area contributed by atoms with Gasteiger partial charge in [0, 0.05) is 16.0 Å². The molecule has 0 saturated heterocycles. The molecule has 100 valence electrons. The fourth-order valence-electron chi connectivity index (χ4n) is 1.62. The fraction of sp³-hybridized carbons (Fsp3) is 0.294. The molecule has 19 heavy (non-hydrogen) atoms. The normalized spacial score (nSPS) is 22.2. The predicted octanol–water partition coefficient (Wildman–Crippen LogP) is 3.72. The summed E-state index contributed by atoms with van der Waals surface area (Å²) in [6.45, 7) is -4.33. The Kier molecular flexibility index (Phi) is 2.41. The smallest absolute Gasteiger partial charge is 0.125 e. The summed E-state index contributed by atoms with van der Waals surface area (Å²) in [5.41, 5.74) is 0.680. The van der Waals surface area contributed by atoms with Crippen LogP contribution in [0.2, 0.25) is 0 Å². The summed E-state index contributed by atoms with van der Waals surface area (Å²) in [7, 11) is 0. The molecule has 2 rings (SSSR count). The monoisotopic (exact) mass is 263 g/mol. The number of para-hydroxylation sites is 1. The van der Waals surface area contributed by atoms with Gasteiger partial charge in [-0.05, 0) is 37.6 Å². The first kappa shape index (κ1) is 6.58. The Morgan fingerprint density at radius 1 is 1.21 bits per heavy atom. The molecule has 0 radical (unpaired) electrons. The summed E-state index contributed by atoms with van der Waals surface area (Å²) in [5.74, 6) is 0.199. The summed E-state index contributed by atoms with van der Waals surface area (Å²) in [6, 6.07) is 14.4. The third-order valence-electron chi connectivity index (χ3n) is 2.58. The Labute approximate surface area is 126 Å². The van der Waals surface area contributed by atoms with Crippen LogP contribution in [-0.2, 0) is 0 Å². The van der Waals surface area contributed by atoms with E-state index in [1.54, 1.807) is 54.7 Å².